The van der Waals surface area contributed by atoms with Crippen LogP contribution < -0.4 is 4.06 Å². The van der Waals surface area contributed by atoms with Gasteiger partial charge in [-0.15, -0.1) is 0 Å². The third kappa shape index (κ3) is 5.89. The predicted molar refractivity (Wildman–Crippen MR) is 43.4 cm³/mol. The third-order valence-corrected chi connectivity index (χ3v) is 2.21. The maximum absolute atomic E-state index is 11.0. The van der Waals surface area contributed by atoms with Gasteiger partial charge < -0.3 is 0 Å². The summed E-state index contributed by atoms with van der Waals surface area (Å²) in [5, 5.41) is 0. The zero-order valence-electron chi connectivity index (χ0n) is 7.76. The fourth-order valence-electron chi connectivity index (χ4n) is 0.952. The molecule has 0 saturated heterocycles. The first kappa shape index (κ1) is 12.7. The van der Waals surface area contributed by atoms with E-state index in [1.807, 2.05) is 0 Å². The van der Waals surface area contributed by atoms with E-state index in [9.17, 15) is 9.59 Å². The molecule has 78 valence electrons. The zero-order valence-corrected chi connectivity index (χ0v) is 9.40. The number of hydrogen-bond donors (Lipinski definition) is 1. The average molecular weight is 275 g/mol. The van der Waals surface area contributed by atoms with Gasteiger partial charge in [-0.2, -0.15) is 0 Å². The molecule has 0 rings (SSSR count). The number of methoxy groups -OCH3 is 1. The van der Waals surface area contributed by atoms with Crippen LogP contribution >= 0.6 is 0 Å². The van der Waals surface area contributed by atoms with Gasteiger partial charge in [0.25, 0.3) is 0 Å². The summed E-state index contributed by atoms with van der Waals surface area (Å²) in [6.45, 7) is 1.90. The first-order valence-corrected chi connectivity index (χ1v) is 4.80. The number of ether oxygens (including phenoxy) is 1. The average Bonchev–Trinajstić information content (AvgIpc) is 2.11. The second-order valence-corrected chi connectivity index (χ2v) is 3.22. The number of carbonyl (C=O) groups excluding carboxylic acids is 2. The minimum atomic E-state index is -0.163. The van der Waals surface area contributed by atoms with Gasteiger partial charge in [0.2, 0.25) is 0 Å². The van der Waals surface area contributed by atoms with E-state index in [1.54, 1.807) is 7.11 Å². The molecule has 0 heterocycles. The molecule has 0 spiro atoms. The molecular weight excluding hydrogens is 261 g/mol. The summed E-state index contributed by atoms with van der Waals surface area (Å²) in [7, 11) is 1.55. The van der Waals surface area contributed by atoms with Crippen LogP contribution in [0.5, 0.6) is 0 Å². The van der Waals surface area contributed by atoms with Crippen molar-refractivity contribution in [3.8, 4) is 0 Å². The Morgan fingerprint density at radius 1 is 1.54 bits per heavy atom. The summed E-state index contributed by atoms with van der Waals surface area (Å²) in [5.41, 5.74) is 0. The van der Waals surface area contributed by atoms with Crippen LogP contribution in [0, 0.1) is 5.92 Å². The number of carbonyl (C=O) groups is 2. The fraction of sp³-hybridized carbons (Fsp3) is 0.750. The van der Waals surface area contributed by atoms with Gasteiger partial charge in [0.15, 0.2) is 0 Å². The molecule has 1 amide bonds. The molecule has 0 aromatic heterocycles. The molecule has 13 heavy (non-hydrogen) atoms. The number of amides is 1. The summed E-state index contributed by atoms with van der Waals surface area (Å²) < 4.78 is 7.27. The fourth-order valence-corrected chi connectivity index (χ4v) is 1.16. The van der Waals surface area contributed by atoms with E-state index in [2.05, 4.69) is 22.6 Å². The Hall–Kier alpha value is -0.277. The molecule has 1 atom stereocenters. The van der Waals surface area contributed by atoms with Crippen molar-refractivity contribution in [3.05, 3.63) is 0 Å². The molecule has 0 aromatic carbocycles. The van der Waals surface area contributed by atoms with Crippen molar-refractivity contribution in [2.45, 2.75) is 19.8 Å². The Balaban J connectivity index is 3.82. The first-order valence-electron chi connectivity index (χ1n) is 3.98. The quantitative estimate of drug-likeness (QED) is 0.704. The Morgan fingerprint density at radius 3 is 2.54 bits per heavy atom. The molecule has 1 unspecified atom stereocenters. The minimum absolute atomic E-state index is 0.0658. The monoisotopic (exact) mass is 275 g/mol. The van der Waals surface area contributed by atoms with E-state index >= 15 is 0 Å². The summed E-state index contributed by atoms with van der Waals surface area (Å²) in [4.78, 5) is 21.9. The van der Waals surface area contributed by atoms with Crippen LogP contribution in [-0.2, 0) is 32.9 Å². The van der Waals surface area contributed by atoms with Crippen molar-refractivity contribution in [2.75, 3.05) is 13.7 Å². The number of nitrogens with one attached hydrogen (secondary N) is 1. The molecule has 0 aromatic rings. The van der Waals surface area contributed by atoms with Crippen LogP contribution in [-0.4, -0.2) is 25.4 Å². The van der Waals surface area contributed by atoms with Crippen molar-refractivity contribution in [1.82, 2.24) is 4.06 Å². The zero-order chi connectivity index (χ0) is 10.3. The Morgan fingerprint density at radius 2 is 2.15 bits per heavy atom. The van der Waals surface area contributed by atoms with E-state index in [0.717, 1.165) is 0 Å². The summed E-state index contributed by atoms with van der Waals surface area (Å²) in [5.74, 6) is -0.185. The molecule has 0 fully saturated rings. The van der Waals surface area contributed by atoms with Gasteiger partial charge in [0.1, 0.15) is 0 Å². The van der Waals surface area contributed by atoms with Crippen LogP contribution in [0.15, 0.2) is 0 Å². The van der Waals surface area contributed by atoms with E-state index in [-0.39, 0.29) is 17.6 Å². The van der Waals surface area contributed by atoms with Crippen molar-refractivity contribution in [2.24, 2.45) is 5.92 Å². The topological polar surface area (TPSA) is 55.4 Å². The second-order valence-electron chi connectivity index (χ2n) is 2.81. The van der Waals surface area contributed by atoms with Crippen molar-refractivity contribution in [3.63, 3.8) is 0 Å². The van der Waals surface area contributed by atoms with Gasteiger partial charge in [0, 0.05) is 0 Å². The number of rotatable bonds is 6. The van der Waals surface area contributed by atoms with E-state index in [4.69, 9.17) is 4.74 Å². The SMILES string of the molecule is COCC(CCC(=O)[NH][Rh])C(C)=O. The van der Waals surface area contributed by atoms with Crippen molar-refractivity contribution in [1.29, 1.82) is 0 Å². The van der Waals surface area contributed by atoms with Crippen molar-refractivity contribution < 1.29 is 32.9 Å². The van der Waals surface area contributed by atoms with Gasteiger partial charge in [-0.1, -0.05) is 0 Å². The van der Waals surface area contributed by atoms with E-state index < -0.39 is 0 Å². The van der Waals surface area contributed by atoms with Gasteiger partial charge in [0.05, 0.1) is 0 Å². The molecule has 0 saturated carbocycles. The van der Waals surface area contributed by atoms with Crippen LogP contribution in [0.1, 0.15) is 19.8 Å². The summed E-state index contributed by atoms with van der Waals surface area (Å²) in [6, 6.07) is 0. The number of Topliss-reactive ketones (excluding diaryl/α,β-unsaturated/α-hetero) is 1. The molecule has 1 N–H and O–H groups in total. The molecule has 0 aliphatic carbocycles. The first-order chi connectivity index (χ1) is 6.11. The molecule has 0 radical (unpaired) electrons. The molecule has 0 aliphatic heterocycles. The Labute approximate surface area is 88.3 Å². The normalized spacial score (nSPS) is 12.3. The second kappa shape index (κ2) is 7.16. The van der Waals surface area contributed by atoms with Gasteiger partial charge in [-0.05, 0) is 0 Å². The van der Waals surface area contributed by atoms with E-state index in [1.165, 1.54) is 6.92 Å². The van der Waals surface area contributed by atoms with Crippen LogP contribution in [0.4, 0.5) is 0 Å². The Kier molecular flexibility index (Phi) is 7.01. The van der Waals surface area contributed by atoms with Crippen molar-refractivity contribution >= 4 is 11.7 Å². The molecule has 0 bridgehead atoms. The molecule has 4 nitrogen and oxygen atoms in total. The molecule has 5 heteroatoms. The summed E-state index contributed by atoms with van der Waals surface area (Å²) in [6.07, 6.45) is 0.892. The van der Waals surface area contributed by atoms with Crippen LogP contribution in [0.2, 0.25) is 0 Å². The third-order valence-electron chi connectivity index (χ3n) is 1.76. The standard InChI is InChI=1S/C8H15NO3.Rh/c1-6(10)7(5-12-2)3-4-8(9)11;/h7H,3-5H2,1-2H3,(H2,9,11);/q;+1/p-1. The van der Waals surface area contributed by atoms with Crippen LogP contribution in [0.25, 0.3) is 0 Å². The summed E-state index contributed by atoms with van der Waals surface area (Å²) >= 11 is 2.31. The Bertz CT molecular complexity index is 184. The molecular formula is C8H14NO3Rh. The van der Waals surface area contributed by atoms with Gasteiger partial charge in [-0.25, -0.2) is 0 Å². The van der Waals surface area contributed by atoms with Gasteiger partial charge >= 0.3 is 88.0 Å². The predicted octanol–water partition coefficient (Wildman–Crippen LogP) is 0.196. The van der Waals surface area contributed by atoms with Gasteiger partial charge in [-0.3, -0.25) is 0 Å². The van der Waals surface area contributed by atoms with E-state index in [0.29, 0.717) is 19.4 Å². The number of ketones is 1. The van der Waals surface area contributed by atoms with Crippen LogP contribution in [0.3, 0.4) is 0 Å². The number of hydrogen-bond acceptors (Lipinski definition) is 3. The molecule has 0 aliphatic rings. The maximum atomic E-state index is 11.0.